The Morgan fingerprint density at radius 2 is 1.89 bits per heavy atom. The number of pyridine rings is 1. The van der Waals surface area contributed by atoms with E-state index in [0.29, 0.717) is 70.2 Å². The van der Waals surface area contributed by atoms with Crippen molar-refractivity contribution in [2.24, 2.45) is 0 Å². The number of benzene rings is 2. The molecule has 3 heterocycles. The fourth-order valence-corrected chi connectivity index (χ4v) is 4.49. The van der Waals surface area contributed by atoms with Crippen molar-refractivity contribution in [1.29, 1.82) is 0 Å². The van der Waals surface area contributed by atoms with Crippen molar-refractivity contribution in [3.8, 4) is 28.7 Å². The minimum absolute atomic E-state index is 0.254. The van der Waals surface area contributed by atoms with Crippen LogP contribution in [0.2, 0.25) is 5.02 Å². The van der Waals surface area contributed by atoms with Crippen LogP contribution in [0.25, 0.3) is 10.9 Å². The fourth-order valence-electron chi connectivity index (χ4n) is 4.27. The molecular weight excluding hydrogens is 508 g/mol. The quantitative estimate of drug-likeness (QED) is 0.255. The molecule has 38 heavy (non-hydrogen) atoms. The summed E-state index contributed by atoms with van der Waals surface area (Å²) < 4.78 is 26.4. The maximum absolute atomic E-state index is 12.1. The third kappa shape index (κ3) is 5.43. The van der Waals surface area contributed by atoms with Gasteiger partial charge in [-0.1, -0.05) is 11.6 Å². The molecule has 10 heteroatoms. The maximum atomic E-state index is 12.1. The highest BCUT2D eigenvalue weighted by molar-refractivity contribution is 6.33. The monoisotopic (exact) mass is 534 g/mol. The van der Waals surface area contributed by atoms with Crippen LogP contribution in [0.3, 0.4) is 0 Å². The van der Waals surface area contributed by atoms with E-state index in [-0.39, 0.29) is 12.1 Å². The summed E-state index contributed by atoms with van der Waals surface area (Å²) in [6.07, 6.45) is 8.59. The number of nitrogens with zero attached hydrogens (tertiary/aromatic N) is 2. The van der Waals surface area contributed by atoms with E-state index in [0.717, 1.165) is 25.8 Å². The van der Waals surface area contributed by atoms with Gasteiger partial charge in [-0.25, -0.2) is 4.79 Å². The van der Waals surface area contributed by atoms with E-state index in [1.807, 2.05) is 30.6 Å². The van der Waals surface area contributed by atoms with Gasteiger partial charge in [-0.2, -0.15) is 0 Å². The topological polar surface area (TPSA) is 95.9 Å². The molecule has 2 aliphatic rings. The number of hydrogen-bond acceptors (Lipinski definition) is 6. The average Bonchev–Trinajstić information content (AvgIpc) is 3.57. The number of ether oxygens (including phenoxy) is 4. The third-order valence-electron chi connectivity index (χ3n) is 6.26. The molecule has 9 nitrogen and oxygen atoms in total. The number of aromatic nitrogens is 2. The summed E-state index contributed by atoms with van der Waals surface area (Å²) in [4.78, 5) is 16.6. The summed E-state index contributed by atoms with van der Waals surface area (Å²) in [5, 5.41) is 6.70. The second kappa shape index (κ2) is 10.7. The van der Waals surface area contributed by atoms with Crippen molar-refractivity contribution in [1.82, 2.24) is 14.9 Å². The number of aryl methyl sites for hydroxylation is 1. The van der Waals surface area contributed by atoms with Crippen molar-refractivity contribution in [3.63, 3.8) is 0 Å². The van der Waals surface area contributed by atoms with Gasteiger partial charge in [0.2, 0.25) is 5.75 Å². The largest absolute Gasteiger partial charge is 0.489 e. The molecule has 0 saturated heterocycles. The second-order valence-electron chi connectivity index (χ2n) is 9.17. The van der Waals surface area contributed by atoms with Crippen molar-refractivity contribution in [3.05, 3.63) is 66.1 Å². The molecule has 0 bridgehead atoms. The van der Waals surface area contributed by atoms with Gasteiger partial charge in [0, 0.05) is 43.3 Å². The predicted octanol–water partition coefficient (Wildman–Crippen LogP) is 6.01. The Labute approximate surface area is 224 Å². The van der Waals surface area contributed by atoms with Crippen LogP contribution in [0.1, 0.15) is 19.3 Å². The number of rotatable bonds is 9. The van der Waals surface area contributed by atoms with Gasteiger partial charge in [0.25, 0.3) is 0 Å². The highest BCUT2D eigenvalue weighted by Gasteiger charge is 2.25. The Kier molecular flexibility index (Phi) is 6.83. The molecule has 196 valence electrons. The van der Waals surface area contributed by atoms with E-state index < -0.39 is 0 Å². The zero-order chi connectivity index (χ0) is 25.9. The number of halogens is 1. The molecule has 2 aromatic heterocycles. The molecule has 1 aliphatic carbocycles. The number of nitrogens with one attached hydrogen (secondary N) is 2. The van der Waals surface area contributed by atoms with Gasteiger partial charge < -0.3 is 34.1 Å². The van der Waals surface area contributed by atoms with Crippen LogP contribution >= 0.6 is 11.6 Å². The van der Waals surface area contributed by atoms with E-state index in [2.05, 4.69) is 20.2 Å². The Bertz CT molecular complexity index is 1460. The number of carbonyl (C=O) groups excluding carboxylic acids is 1. The molecule has 2 N–H and O–H groups in total. The first-order valence-corrected chi connectivity index (χ1v) is 13.0. The van der Waals surface area contributed by atoms with Crippen LogP contribution in [-0.2, 0) is 6.54 Å². The highest BCUT2D eigenvalue weighted by Crippen LogP contribution is 2.48. The van der Waals surface area contributed by atoms with Crippen molar-refractivity contribution in [2.75, 3.05) is 25.1 Å². The van der Waals surface area contributed by atoms with E-state index in [9.17, 15) is 4.79 Å². The van der Waals surface area contributed by atoms with Crippen molar-refractivity contribution < 1.29 is 23.7 Å². The Morgan fingerprint density at radius 1 is 1.08 bits per heavy atom. The van der Waals surface area contributed by atoms with Crippen molar-refractivity contribution in [2.45, 2.75) is 31.8 Å². The van der Waals surface area contributed by atoms with Crippen LogP contribution in [0.15, 0.2) is 61.1 Å². The maximum Gasteiger partial charge on any atom is 0.319 e. The molecule has 1 fully saturated rings. The SMILES string of the molecule is O=C(Nc1ccc(Oc2ccnc3cc(OCCCn4cccc4)c4c(c23)OCCO4)cc1Cl)NC1CC1. The number of hydrogen-bond donors (Lipinski definition) is 2. The molecule has 6 rings (SSSR count). The van der Waals surface area contributed by atoms with Gasteiger partial charge in [-0.05, 0) is 49.6 Å². The first kappa shape index (κ1) is 24.2. The van der Waals surface area contributed by atoms with Crippen LogP contribution in [0, 0.1) is 0 Å². The number of amides is 2. The first-order valence-electron chi connectivity index (χ1n) is 12.6. The van der Waals surface area contributed by atoms with Gasteiger partial charge in [0.15, 0.2) is 11.5 Å². The third-order valence-corrected chi connectivity index (χ3v) is 6.57. The molecule has 2 aromatic carbocycles. The van der Waals surface area contributed by atoms with Gasteiger partial charge in [-0.15, -0.1) is 0 Å². The van der Waals surface area contributed by atoms with E-state index in [4.69, 9.17) is 30.5 Å². The van der Waals surface area contributed by atoms with Crippen LogP contribution < -0.4 is 29.6 Å². The van der Waals surface area contributed by atoms with Crippen LogP contribution in [-0.4, -0.2) is 41.4 Å². The minimum Gasteiger partial charge on any atom is -0.489 e. The number of carbonyl (C=O) groups is 1. The molecule has 0 radical (unpaired) electrons. The first-order chi connectivity index (χ1) is 18.6. The molecule has 0 atom stereocenters. The Balaban J connectivity index is 1.22. The molecule has 4 aromatic rings. The molecular formula is C28H27ClN4O5. The number of fused-ring (bicyclic) bond motifs is 3. The molecule has 0 spiro atoms. The molecule has 1 saturated carbocycles. The summed E-state index contributed by atoms with van der Waals surface area (Å²) in [6, 6.07) is 12.7. The lowest BCUT2D eigenvalue weighted by Crippen LogP contribution is -2.30. The van der Waals surface area contributed by atoms with Gasteiger partial charge in [0.1, 0.15) is 24.7 Å². The van der Waals surface area contributed by atoms with Crippen LogP contribution in [0.5, 0.6) is 28.7 Å². The van der Waals surface area contributed by atoms with E-state index in [1.54, 1.807) is 30.5 Å². The standard InChI is InChI=1S/C28H27ClN4O5/c29-20-16-19(6-7-21(20)32-28(34)31-18-4-5-18)38-23-8-9-30-22-17-24(26-27(25(22)23)37-15-14-36-26)35-13-3-12-33-10-1-2-11-33/h1-2,6-11,16-18H,3-5,12-15H2,(H2,31,32,34). The molecule has 1 aliphatic heterocycles. The average molecular weight is 535 g/mol. The fraction of sp³-hybridized carbons (Fsp3) is 0.286. The molecule has 0 unspecified atom stereocenters. The van der Waals surface area contributed by atoms with Gasteiger partial charge in [-0.3, -0.25) is 4.98 Å². The number of urea groups is 1. The molecule has 2 amide bonds. The zero-order valence-corrected chi connectivity index (χ0v) is 21.4. The smallest absolute Gasteiger partial charge is 0.319 e. The minimum atomic E-state index is -0.269. The predicted molar refractivity (Wildman–Crippen MR) is 144 cm³/mol. The Morgan fingerprint density at radius 3 is 2.68 bits per heavy atom. The lowest BCUT2D eigenvalue weighted by molar-refractivity contribution is 0.163. The second-order valence-corrected chi connectivity index (χ2v) is 9.58. The van der Waals surface area contributed by atoms with Gasteiger partial charge in [0.05, 0.1) is 28.2 Å². The van der Waals surface area contributed by atoms with E-state index in [1.165, 1.54) is 0 Å². The summed E-state index contributed by atoms with van der Waals surface area (Å²) in [5.74, 6) is 2.72. The van der Waals surface area contributed by atoms with Crippen molar-refractivity contribution >= 4 is 34.2 Å². The number of anilines is 1. The van der Waals surface area contributed by atoms with Crippen LogP contribution in [0.4, 0.5) is 10.5 Å². The summed E-state index contributed by atoms with van der Waals surface area (Å²) in [5.41, 5.74) is 1.16. The highest BCUT2D eigenvalue weighted by atomic mass is 35.5. The lowest BCUT2D eigenvalue weighted by atomic mass is 10.1. The summed E-state index contributed by atoms with van der Waals surface area (Å²) in [7, 11) is 0. The normalized spacial score (nSPS) is 14.2. The van der Waals surface area contributed by atoms with E-state index >= 15 is 0 Å². The zero-order valence-electron chi connectivity index (χ0n) is 20.6. The lowest BCUT2D eigenvalue weighted by Gasteiger charge is -2.23. The summed E-state index contributed by atoms with van der Waals surface area (Å²) in [6.45, 7) is 2.21. The van der Waals surface area contributed by atoms with Gasteiger partial charge >= 0.3 is 6.03 Å². The summed E-state index contributed by atoms with van der Waals surface area (Å²) >= 11 is 6.44. The Hall–Kier alpha value is -4.11.